The summed E-state index contributed by atoms with van der Waals surface area (Å²) in [5.74, 6) is 0. The molecule has 68 valence electrons. The highest BCUT2D eigenvalue weighted by atomic mass is 16.3. The Kier molecular flexibility index (Phi) is 6.51. The standard InChI is InChI=1S/C8H19NO2/c1-8(11)7-9(2)5-3-4-6-10/h8,10-11H,3-7H2,1-2H3. The van der Waals surface area contributed by atoms with Crippen LogP contribution < -0.4 is 0 Å². The Morgan fingerprint density at radius 2 is 2.00 bits per heavy atom. The van der Waals surface area contributed by atoms with Crippen molar-refractivity contribution >= 4 is 0 Å². The van der Waals surface area contributed by atoms with Crippen LogP contribution in [0, 0.1) is 0 Å². The zero-order valence-electron chi connectivity index (χ0n) is 7.45. The lowest BCUT2D eigenvalue weighted by Crippen LogP contribution is -2.28. The Bertz CT molecular complexity index is 86.2. The normalized spacial score (nSPS) is 13.9. The van der Waals surface area contributed by atoms with E-state index in [1.165, 1.54) is 0 Å². The van der Waals surface area contributed by atoms with Crippen LogP contribution in [0.2, 0.25) is 0 Å². The van der Waals surface area contributed by atoms with Crippen LogP contribution in [0.15, 0.2) is 0 Å². The van der Waals surface area contributed by atoms with Gasteiger partial charge in [-0.2, -0.15) is 0 Å². The molecule has 0 aromatic carbocycles. The number of aliphatic hydroxyl groups excluding tert-OH is 2. The maximum atomic E-state index is 8.99. The molecular weight excluding hydrogens is 142 g/mol. The Morgan fingerprint density at radius 3 is 2.45 bits per heavy atom. The molecule has 3 heteroatoms. The van der Waals surface area contributed by atoms with Crippen LogP contribution in [-0.4, -0.2) is 48.0 Å². The largest absolute Gasteiger partial charge is 0.396 e. The number of hydrogen-bond acceptors (Lipinski definition) is 3. The van der Waals surface area contributed by atoms with Gasteiger partial charge in [0.05, 0.1) is 6.10 Å². The van der Waals surface area contributed by atoms with Gasteiger partial charge in [0.2, 0.25) is 0 Å². The number of aliphatic hydroxyl groups is 2. The van der Waals surface area contributed by atoms with Gasteiger partial charge in [-0.3, -0.25) is 0 Å². The molecular formula is C8H19NO2. The molecule has 0 aliphatic rings. The minimum Gasteiger partial charge on any atom is -0.396 e. The first kappa shape index (κ1) is 10.9. The van der Waals surface area contributed by atoms with Crippen LogP contribution in [0.1, 0.15) is 19.8 Å². The summed E-state index contributed by atoms with van der Waals surface area (Å²) in [5, 5.41) is 17.5. The minimum atomic E-state index is -0.255. The second kappa shape index (κ2) is 6.58. The third-order valence-electron chi connectivity index (χ3n) is 1.52. The molecule has 0 saturated heterocycles. The van der Waals surface area contributed by atoms with E-state index in [4.69, 9.17) is 10.2 Å². The second-order valence-corrected chi connectivity index (χ2v) is 3.04. The molecule has 0 heterocycles. The molecule has 3 nitrogen and oxygen atoms in total. The number of likely N-dealkylation sites (N-methyl/N-ethyl adjacent to an activating group) is 1. The molecule has 0 aliphatic carbocycles. The van der Waals surface area contributed by atoms with Crippen molar-refractivity contribution in [1.29, 1.82) is 0 Å². The fraction of sp³-hybridized carbons (Fsp3) is 1.00. The van der Waals surface area contributed by atoms with Crippen molar-refractivity contribution in [3.05, 3.63) is 0 Å². The van der Waals surface area contributed by atoms with Gasteiger partial charge in [-0.25, -0.2) is 0 Å². The number of rotatable bonds is 6. The van der Waals surface area contributed by atoms with Gasteiger partial charge in [-0.1, -0.05) is 0 Å². The molecule has 0 aromatic heterocycles. The first-order valence-electron chi connectivity index (χ1n) is 4.14. The maximum Gasteiger partial charge on any atom is 0.0638 e. The van der Waals surface area contributed by atoms with Crippen LogP contribution in [0.4, 0.5) is 0 Å². The number of unbranched alkanes of at least 4 members (excludes halogenated alkanes) is 1. The lowest BCUT2D eigenvalue weighted by molar-refractivity contribution is 0.139. The molecule has 1 unspecified atom stereocenters. The molecule has 0 aliphatic heterocycles. The lowest BCUT2D eigenvalue weighted by Gasteiger charge is -2.17. The first-order valence-corrected chi connectivity index (χ1v) is 4.14. The molecule has 0 rings (SSSR count). The first-order chi connectivity index (χ1) is 5.16. The molecule has 0 saturated carbocycles. The fourth-order valence-corrected chi connectivity index (χ4v) is 1.04. The monoisotopic (exact) mass is 161 g/mol. The van der Waals surface area contributed by atoms with Crippen molar-refractivity contribution in [2.75, 3.05) is 26.7 Å². The predicted octanol–water partition coefficient (Wildman–Crippen LogP) is 0.0715. The van der Waals surface area contributed by atoms with Crippen molar-refractivity contribution in [3.63, 3.8) is 0 Å². The Morgan fingerprint density at radius 1 is 1.36 bits per heavy atom. The Balaban J connectivity index is 3.15. The van der Waals surface area contributed by atoms with E-state index < -0.39 is 0 Å². The quantitative estimate of drug-likeness (QED) is 0.542. The van der Waals surface area contributed by atoms with Gasteiger partial charge >= 0.3 is 0 Å². The topological polar surface area (TPSA) is 43.7 Å². The third kappa shape index (κ3) is 7.78. The Labute approximate surface area is 68.6 Å². The van der Waals surface area contributed by atoms with Crippen LogP contribution in [0.25, 0.3) is 0 Å². The summed E-state index contributed by atoms with van der Waals surface area (Å²) in [6.07, 6.45) is 1.60. The average Bonchev–Trinajstić information content (AvgIpc) is 1.86. The predicted molar refractivity (Wildman–Crippen MR) is 45.5 cm³/mol. The van der Waals surface area contributed by atoms with Gasteiger partial charge in [-0.15, -0.1) is 0 Å². The van der Waals surface area contributed by atoms with E-state index in [1.54, 1.807) is 6.92 Å². The SMILES string of the molecule is CC(O)CN(C)CCCCO. The molecule has 0 amide bonds. The average molecular weight is 161 g/mol. The smallest absolute Gasteiger partial charge is 0.0638 e. The van der Waals surface area contributed by atoms with Crippen LogP contribution in [-0.2, 0) is 0 Å². The van der Waals surface area contributed by atoms with Crippen LogP contribution >= 0.6 is 0 Å². The summed E-state index contributed by atoms with van der Waals surface area (Å²) in [6.45, 7) is 3.71. The highest BCUT2D eigenvalue weighted by molar-refractivity contribution is 4.55. The molecule has 0 aromatic rings. The van der Waals surface area contributed by atoms with Gasteiger partial charge in [0, 0.05) is 13.2 Å². The Hall–Kier alpha value is -0.120. The van der Waals surface area contributed by atoms with Crippen molar-refractivity contribution in [2.24, 2.45) is 0 Å². The molecule has 0 fully saturated rings. The molecule has 11 heavy (non-hydrogen) atoms. The van der Waals surface area contributed by atoms with Crippen LogP contribution in [0.3, 0.4) is 0 Å². The van der Waals surface area contributed by atoms with Crippen molar-refractivity contribution in [3.8, 4) is 0 Å². The zero-order valence-corrected chi connectivity index (χ0v) is 7.45. The van der Waals surface area contributed by atoms with Gasteiger partial charge < -0.3 is 15.1 Å². The van der Waals surface area contributed by atoms with E-state index in [0.717, 1.165) is 19.4 Å². The van der Waals surface area contributed by atoms with E-state index in [0.29, 0.717) is 6.54 Å². The summed E-state index contributed by atoms with van der Waals surface area (Å²) in [4.78, 5) is 2.07. The third-order valence-corrected chi connectivity index (χ3v) is 1.52. The highest BCUT2D eigenvalue weighted by Crippen LogP contribution is 1.93. The molecule has 2 N–H and O–H groups in total. The molecule has 0 radical (unpaired) electrons. The highest BCUT2D eigenvalue weighted by Gasteiger charge is 2.01. The number of nitrogens with zero attached hydrogens (tertiary/aromatic N) is 1. The van der Waals surface area contributed by atoms with E-state index >= 15 is 0 Å². The molecule has 0 bridgehead atoms. The lowest BCUT2D eigenvalue weighted by atomic mass is 10.3. The van der Waals surface area contributed by atoms with Crippen molar-refractivity contribution < 1.29 is 10.2 Å². The van der Waals surface area contributed by atoms with Gasteiger partial charge in [-0.05, 0) is 33.4 Å². The second-order valence-electron chi connectivity index (χ2n) is 3.04. The van der Waals surface area contributed by atoms with E-state index in [2.05, 4.69) is 4.90 Å². The zero-order chi connectivity index (χ0) is 8.69. The van der Waals surface area contributed by atoms with Gasteiger partial charge in [0.1, 0.15) is 0 Å². The minimum absolute atomic E-state index is 0.255. The summed E-state index contributed by atoms with van der Waals surface area (Å²) in [6, 6.07) is 0. The maximum absolute atomic E-state index is 8.99. The van der Waals surface area contributed by atoms with Gasteiger partial charge in [0.15, 0.2) is 0 Å². The number of hydrogen-bond donors (Lipinski definition) is 2. The summed E-state index contributed by atoms with van der Waals surface area (Å²) < 4.78 is 0. The van der Waals surface area contributed by atoms with E-state index in [9.17, 15) is 0 Å². The van der Waals surface area contributed by atoms with Crippen LogP contribution in [0.5, 0.6) is 0 Å². The fourth-order valence-electron chi connectivity index (χ4n) is 1.04. The molecule has 1 atom stereocenters. The summed E-state index contributed by atoms with van der Waals surface area (Å²) in [7, 11) is 1.98. The van der Waals surface area contributed by atoms with Crippen molar-refractivity contribution in [1.82, 2.24) is 4.90 Å². The van der Waals surface area contributed by atoms with E-state index in [-0.39, 0.29) is 12.7 Å². The summed E-state index contributed by atoms with van der Waals surface area (Å²) >= 11 is 0. The molecule has 0 spiro atoms. The van der Waals surface area contributed by atoms with Crippen molar-refractivity contribution in [2.45, 2.75) is 25.9 Å². The summed E-state index contributed by atoms with van der Waals surface area (Å²) in [5.41, 5.74) is 0. The van der Waals surface area contributed by atoms with E-state index in [1.807, 2.05) is 7.05 Å². The van der Waals surface area contributed by atoms with Gasteiger partial charge in [0.25, 0.3) is 0 Å².